The summed E-state index contributed by atoms with van der Waals surface area (Å²) in [6.07, 6.45) is 0. The Balaban J connectivity index is 1.69. The van der Waals surface area contributed by atoms with Gasteiger partial charge in [0.15, 0.2) is 0 Å². The molecule has 3 atom stereocenters. The van der Waals surface area contributed by atoms with Crippen molar-refractivity contribution in [2.24, 2.45) is 0 Å². The molecular formula is C30H22O2S. The van der Waals surface area contributed by atoms with Crippen LogP contribution in [0, 0.1) is 0 Å². The first-order chi connectivity index (χ1) is 16.3. The third kappa shape index (κ3) is 3.37. The van der Waals surface area contributed by atoms with E-state index >= 15 is 0 Å². The van der Waals surface area contributed by atoms with E-state index in [1.807, 2.05) is 72.8 Å². The second-order valence-electron chi connectivity index (χ2n) is 8.23. The Morgan fingerprint density at radius 1 is 0.485 bits per heavy atom. The Labute approximate surface area is 196 Å². The molecule has 1 unspecified atom stereocenters. The van der Waals surface area contributed by atoms with Crippen molar-refractivity contribution in [3.8, 4) is 22.6 Å². The summed E-state index contributed by atoms with van der Waals surface area (Å²) in [5.41, 5.74) is 6.18. The van der Waals surface area contributed by atoms with Gasteiger partial charge in [-0.15, -0.1) is 0 Å². The van der Waals surface area contributed by atoms with Crippen LogP contribution in [0.1, 0.15) is 32.8 Å². The lowest BCUT2D eigenvalue weighted by Crippen LogP contribution is -2.08. The smallest absolute Gasteiger partial charge is 0.139 e. The van der Waals surface area contributed by atoms with Crippen LogP contribution in [0.25, 0.3) is 22.6 Å². The van der Waals surface area contributed by atoms with Crippen LogP contribution in [-0.2, 0) is 10.8 Å². The topological polar surface area (TPSA) is 30.2 Å². The summed E-state index contributed by atoms with van der Waals surface area (Å²) in [6.45, 7) is 0. The fourth-order valence-corrected chi connectivity index (χ4v) is 6.87. The molecule has 33 heavy (non-hydrogen) atoms. The van der Waals surface area contributed by atoms with E-state index < -0.39 is 10.8 Å². The van der Waals surface area contributed by atoms with Gasteiger partial charge >= 0.3 is 0 Å². The van der Waals surface area contributed by atoms with E-state index in [0.29, 0.717) is 0 Å². The van der Waals surface area contributed by atoms with Crippen LogP contribution in [0.4, 0.5) is 0 Å². The third-order valence-corrected chi connectivity index (χ3v) is 8.19. The zero-order valence-corrected chi connectivity index (χ0v) is 18.7. The molecule has 0 radical (unpaired) electrons. The van der Waals surface area contributed by atoms with Gasteiger partial charge in [0.1, 0.15) is 11.5 Å². The molecule has 0 saturated heterocycles. The van der Waals surface area contributed by atoms with Crippen molar-refractivity contribution in [1.29, 1.82) is 0 Å². The SMILES string of the molecule is O=S1[C@H](c2ccccc2)c2c(-c3ccccc3)oc(-c3ccccc3)c2[C@@H]1c1ccccc1. The first-order valence-electron chi connectivity index (χ1n) is 11.1. The summed E-state index contributed by atoms with van der Waals surface area (Å²) in [5, 5.41) is -0.523. The van der Waals surface area contributed by atoms with Crippen molar-refractivity contribution in [3.05, 3.63) is 144 Å². The second-order valence-corrected chi connectivity index (χ2v) is 9.83. The van der Waals surface area contributed by atoms with Crippen molar-refractivity contribution >= 4 is 10.8 Å². The average molecular weight is 447 g/mol. The summed E-state index contributed by atoms with van der Waals surface area (Å²) >= 11 is 0. The molecule has 0 saturated carbocycles. The van der Waals surface area contributed by atoms with Gasteiger partial charge in [0.05, 0.1) is 10.5 Å². The monoisotopic (exact) mass is 446 g/mol. The van der Waals surface area contributed by atoms with Gasteiger partial charge in [-0.05, 0) is 11.1 Å². The van der Waals surface area contributed by atoms with Gasteiger partial charge in [-0.1, -0.05) is 121 Å². The van der Waals surface area contributed by atoms with E-state index in [1.54, 1.807) is 0 Å². The van der Waals surface area contributed by atoms with E-state index in [2.05, 4.69) is 48.5 Å². The quantitative estimate of drug-likeness (QED) is 0.285. The Kier molecular flexibility index (Phi) is 5.04. The number of hydrogen-bond acceptors (Lipinski definition) is 2. The standard InChI is InChI=1S/C30H22O2S/c31-33-29(23-17-9-3-10-18-23)25-26(30(33)24-19-11-4-12-20-24)28(22-15-7-2-8-16-22)32-27(25)21-13-5-1-6-14-21/h1-20,29-30H/t29-,30+,33?. The van der Waals surface area contributed by atoms with Gasteiger partial charge in [0.25, 0.3) is 0 Å². The molecule has 2 nitrogen and oxygen atoms in total. The van der Waals surface area contributed by atoms with Crippen LogP contribution in [0.5, 0.6) is 0 Å². The minimum absolute atomic E-state index is 0.261. The molecule has 0 aliphatic carbocycles. The molecule has 3 heteroatoms. The van der Waals surface area contributed by atoms with E-state index in [4.69, 9.17) is 4.42 Å². The van der Waals surface area contributed by atoms with E-state index in [-0.39, 0.29) is 10.5 Å². The molecule has 1 aliphatic rings. The lowest BCUT2D eigenvalue weighted by molar-refractivity contribution is 0.590. The molecular weight excluding hydrogens is 424 g/mol. The summed E-state index contributed by atoms with van der Waals surface area (Å²) in [6, 6.07) is 40.7. The third-order valence-electron chi connectivity index (χ3n) is 6.25. The highest BCUT2D eigenvalue weighted by molar-refractivity contribution is 7.86. The molecule has 0 bridgehead atoms. The molecule has 4 aromatic carbocycles. The van der Waals surface area contributed by atoms with Crippen molar-refractivity contribution in [2.45, 2.75) is 10.5 Å². The van der Waals surface area contributed by atoms with Crippen LogP contribution in [0.3, 0.4) is 0 Å². The van der Waals surface area contributed by atoms with Gasteiger partial charge in [-0.3, -0.25) is 4.21 Å². The number of fused-ring (bicyclic) bond motifs is 1. The van der Waals surface area contributed by atoms with Crippen molar-refractivity contribution in [1.82, 2.24) is 0 Å². The fraction of sp³-hybridized carbons (Fsp3) is 0.0667. The number of furan rings is 1. The first-order valence-corrected chi connectivity index (χ1v) is 12.4. The lowest BCUT2D eigenvalue weighted by Gasteiger charge is -2.16. The van der Waals surface area contributed by atoms with Crippen LogP contribution in [-0.4, -0.2) is 4.21 Å². The molecule has 0 amide bonds. The minimum Gasteiger partial charge on any atom is -0.455 e. The molecule has 2 heterocycles. The number of hydrogen-bond donors (Lipinski definition) is 0. The van der Waals surface area contributed by atoms with Gasteiger partial charge in [-0.2, -0.15) is 0 Å². The minimum atomic E-state index is -1.19. The van der Waals surface area contributed by atoms with Gasteiger partial charge in [0.2, 0.25) is 0 Å². The molecule has 6 rings (SSSR count). The highest BCUT2D eigenvalue weighted by atomic mass is 32.2. The van der Waals surface area contributed by atoms with Gasteiger partial charge < -0.3 is 4.42 Å². The Morgan fingerprint density at radius 2 is 0.818 bits per heavy atom. The highest BCUT2D eigenvalue weighted by Crippen LogP contribution is 2.56. The normalized spacial score (nSPS) is 19.3. The largest absolute Gasteiger partial charge is 0.455 e. The zero-order valence-electron chi connectivity index (χ0n) is 17.9. The first kappa shape index (κ1) is 20.0. The lowest BCUT2D eigenvalue weighted by atomic mass is 9.92. The molecule has 0 fully saturated rings. The summed E-state index contributed by atoms with van der Waals surface area (Å²) in [4.78, 5) is 0. The number of benzene rings is 4. The van der Waals surface area contributed by atoms with Crippen LogP contribution >= 0.6 is 0 Å². The van der Waals surface area contributed by atoms with Gasteiger partial charge in [0, 0.05) is 33.1 Å². The maximum Gasteiger partial charge on any atom is 0.139 e. The Hall–Kier alpha value is -3.69. The highest BCUT2D eigenvalue weighted by Gasteiger charge is 2.46. The molecule has 1 aliphatic heterocycles. The molecule has 5 aromatic rings. The van der Waals surface area contributed by atoms with Crippen LogP contribution < -0.4 is 0 Å². The second kappa shape index (κ2) is 8.34. The van der Waals surface area contributed by atoms with E-state index in [0.717, 1.165) is 44.9 Å². The van der Waals surface area contributed by atoms with E-state index in [9.17, 15) is 4.21 Å². The fourth-order valence-electron chi connectivity index (χ4n) is 4.81. The van der Waals surface area contributed by atoms with Crippen molar-refractivity contribution < 1.29 is 8.63 Å². The Morgan fingerprint density at radius 3 is 1.18 bits per heavy atom. The van der Waals surface area contributed by atoms with E-state index in [1.165, 1.54) is 0 Å². The molecule has 160 valence electrons. The molecule has 0 spiro atoms. The maximum atomic E-state index is 14.3. The van der Waals surface area contributed by atoms with Crippen molar-refractivity contribution in [3.63, 3.8) is 0 Å². The molecule has 1 aromatic heterocycles. The zero-order chi connectivity index (χ0) is 22.2. The summed E-state index contributed by atoms with van der Waals surface area (Å²) in [7, 11) is -1.19. The summed E-state index contributed by atoms with van der Waals surface area (Å²) < 4.78 is 20.9. The predicted octanol–water partition coefficient (Wildman–Crippen LogP) is 7.55. The predicted molar refractivity (Wildman–Crippen MR) is 134 cm³/mol. The maximum absolute atomic E-state index is 14.3. The Bertz CT molecular complexity index is 1300. The average Bonchev–Trinajstić information content (AvgIpc) is 3.40. The van der Waals surface area contributed by atoms with Crippen LogP contribution in [0.2, 0.25) is 0 Å². The van der Waals surface area contributed by atoms with Crippen molar-refractivity contribution in [2.75, 3.05) is 0 Å². The number of rotatable bonds is 4. The van der Waals surface area contributed by atoms with Gasteiger partial charge in [-0.25, -0.2) is 0 Å². The van der Waals surface area contributed by atoms with Crippen LogP contribution in [0.15, 0.2) is 126 Å². The molecule has 0 N–H and O–H groups in total. The summed E-state index contributed by atoms with van der Waals surface area (Å²) in [5.74, 6) is 1.62.